The van der Waals surface area contributed by atoms with Crippen LogP contribution in [0.25, 0.3) is 0 Å². The second-order valence-corrected chi connectivity index (χ2v) is 6.46. The number of anilines is 2. The van der Waals surface area contributed by atoms with Crippen molar-refractivity contribution >= 4 is 17.5 Å². The number of benzene rings is 1. The lowest BCUT2D eigenvalue weighted by Gasteiger charge is -2.26. The van der Waals surface area contributed by atoms with Crippen molar-refractivity contribution in [3.8, 4) is 5.75 Å². The average Bonchev–Trinajstić information content (AvgIpc) is 2.64. The maximum absolute atomic E-state index is 12.4. The third-order valence-electron chi connectivity index (χ3n) is 4.02. The average molecular weight is 340 g/mol. The fourth-order valence-electron chi connectivity index (χ4n) is 2.80. The summed E-state index contributed by atoms with van der Waals surface area (Å²) in [5.74, 6) is 1.30. The predicted octanol–water partition coefficient (Wildman–Crippen LogP) is 3.63. The summed E-state index contributed by atoms with van der Waals surface area (Å²) in [5.41, 5.74) is 1.40. The molecule has 2 heterocycles. The molecule has 6 heteroatoms. The quantitative estimate of drug-likeness (QED) is 0.900. The molecular formula is C19H24N4O2. The fourth-order valence-corrected chi connectivity index (χ4v) is 2.80. The number of likely N-dealkylation sites (tertiary alicyclic amines) is 1. The van der Waals surface area contributed by atoms with Crippen LogP contribution >= 0.6 is 0 Å². The Balaban J connectivity index is 1.61. The summed E-state index contributed by atoms with van der Waals surface area (Å²) in [5, 5.41) is 3.13. The highest BCUT2D eigenvalue weighted by Crippen LogP contribution is 2.19. The van der Waals surface area contributed by atoms with Crippen LogP contribution < -0.4 is 10.1 Å². The molecule has 0 saturated carbocycles. The molecule has 1 aromatic heterocycles. The third kappa shape index (κ3) is 4.68. The number of hydrogen-bond donors (Lipinski definition) is 1. The van der Waals surface area contributed by atoms with E-state index in [4.69, 9.17) is 4.74 Å². The molecule has 1 aromatic carbocycles. The Hall–Kier alpha value is -2.63. The van der Waals surface area contributed by atoms with Crippen LogP contribution in [0.4, 0.5) is 11.6 Å². The summed E-state index contributed by atoms with van der Waals surface area (Å²) in [6.07, 6.45) is 6.66. The van der Waals surface area contributed by atoms with Crippen molar-refractivity contribution in [3.05, 3.63) is 42.2 Å². The highest BCUT2D eigenvalue weighted by molar-refractivity contribution is 5.93. The predicted molar refractivity (Wildman–Crippen MR) is 97.3 cm³/mol. The lowest BCUT2D eigenvalue weighted by Crippen LogP contribution is -2.35. The van der Waals surface area contributed by atoms with E-state index in [1.165, 1.54) is 6.42 Å². The van der Waals surface area contributed by atoms with Gasteiger partial charge in [0.05, 0.1) is 11.7 Å². The zero-order chi connectivity index (χ0) is 17.6. The molecule has 0 aliphatic carbocycles. The van der Waals surface area contributed by atoms with Gasteiger partial charge in [0.1, 0.15) is 5.75 Å². The molecule has 0 radical (unpaired) electrons. The van der Waals surface area contributed by atoms with Gasteiger partial charge in [-0.2, -0.15) is 0 Å². The number of piperidine rings is 1. The number of amides is 1. The minimum absolute atomic E-state index is 0.0152. The van der Waals surface area contributed by atoms with E-state index in [-0.39, 0.29) is 12.0 Å². The van der Waals surface area contributed by atoms with Crippen LogP contribution in [-0.4, -0.2) is 40.0 Å². The van der Waals surface area contributed by atoms with Crippen molar-refractivity contribution < 1.29 is 9.53 Å². The monoisotopic (exact) mass is 340 g/mol. The first kappa shape index (κ1) is 17.2. The van der Waals surface area contributed by atoms with Crippen molar-refractivity contribution in [2.75, 3.05) is 18.4 Å². The SMILES string of the molecule is CC(C)Oc1ccc(Nc2ncc(C(=O)N3CCCCC3)cn2)cc1. The van der Waals surface area contributed by atoms with Gasteiger partial charge in [-0.25, -0.2) is 9.97 Å². The van der Waals surface area contributed by atoms with E-state index in [0.717, 1.165) is 37.4 Å². The van der Waals surface area contributed by atoms with Crippen LogP contribution in [0, 0.1) is 0 Å². The number of carbonyl (C=O) groups is 1. The van der Waals surface area contributed by atoms with E-state index in [9.17, 15) is 4.79 Å². The summed E-state index contributed by atoms with van der Waals surface area (Å²) in [6.45, 7) is 5.63. The zero-order valence-electron chi connectivity index (χ0n) is 14.7. The second kappa shape index (κ2) is 7.96. The van der Waals surface area contributed by atoms with Crippen LogP contribution in [0.15, 0.2) is 36.7 Å². The number of carbonyl (C=O) groups excluding carboxylic acids is 1. The minimum Gasteiger partial charge on any atom is -0.491 e. The van der Waals surface area contributed by atoms with Crippen LogP contribution in [0.5, 0.6) is 5.75 Å². The molecule has 1 saturated heterocycles. The maximum atomic E-state index is 12.4. The number of ether oxygens (including phenoxy) is 1. The molecule has 1 fully saturated rings. The van der Waals surface area contributed by atoms with E-state index in [2.05, 4.69) is 15.3 Å². The molecule has 3 rings (SSSR count). The van der Waals surface area contributed by atoms with Gasteiger partial charge in [0.25, 0.3) is 5.91 Å². The smallest absolute Gasteiger partial charge is 0.256 e. The number of nitrogens with zero attached hydrogens (tertiary/aromatic N) is 3. The topological polar surface area (TPSA) is 67.3 Å². The lowest BCUT2D eigenvalue weighted by atomic mass is 10.1. The largest absolute Gasteiger partial charge is 0.491 e. The maximum Gasteiger partial charge on any atom is 0.256 e. The zero-order valence-corrected chi connectivity index (χ0v) is 14.7. The second-order valence-electron chi connectivity index (χ2n) is 6.46. The molecule has 0 unspecified atom stereocenters. The number of aromatic nitrogens is 2. The Kier molecular flexibility index (Phi) is 5.48. The van der Waals surface area contributed by atoms with Crippen LogP contribution in [-0.2, 0) is 0 Å². The molecule has 0 bridgehead atoms. The number of nitrogens with one attached hydrogen (secondary N) is 1. The molecule has 0 spiro atoms. The molecule has 25 heavy (non-hydrogen) atoms. The Labute approximate surface area is 148 Å². The van der Waals surface area contributed by atoms with E-state index in [1.807, 2.05) is 43.0 Å². The number of rotatable bonds is 5. The Morgan fingerprint density at radius 1 is 1.08 bits per heavy atom. The van der Waals surface area contributed by atoms with Crippen LogP contribution in [0.3, 0.4) is 0 Å². The highest BCUT2D eigenvalue weighted by Gasteiger charge is 2.18. The Bertz CT molecular complexity index is 692. The van der Waals surface area contributed by atoms with E-state index < -0.39 is 0 Å². The summed E-state index contributed by atoms with van der Waals surface area (Å²) >= 11 is 0. The first-order chi connectivity index (χ1) is 12.1. The van der Waals surface area contributed by atoms with Gasteiger partial charge < -0.3 is 15.0 Å². The van der Waals surface area contributed by atoms with E-state index in [0.29, 0.717) is 11.5 Å². The Morgan fingerprint density at radius 3 is 2.32 bits per heavy atom. The van der Waals surface area contributed by atoms with Crippen molar-refractivity contribution in [3.63, 3.8) is 0 Å². The van der Waals surface area contributed by atoms with Gasteiger partial charge in [-0.05, 0) is 57.4 Å². The van der Waals surface area contributed by atoms with Gasteiger partial charge in [0.2, 0.25) is 5.95 Å². The molecule has 1 aliphatic heterocycles. The first-order valence-corrected chi connectivity index (χ1v) is 8.77. The van der Waals surface area contributed by atoms with Gasteiger partial charge in [-0.15, -0.1) is 0 Å². The summed E-state index contributed by atoms with van der Waals surface area (Å²) < 4.78 is 5.62. The molecule has 2 aromatic rings. The molecule has 1 aliphatic rings. The van der Waals surface area contributed by atoms with Crippen LogP contribution in [0.2, 0.25) is 0 Å². The van der Waals surface area contributed by atoms with Gasteiger partial charge in [-0.3, -0.25) is 4.79 Å². The van der Waals surface area contributed by atoms with E-state index in [1.54, 1.807) is 12.4 Å². The van der Waals surface area contributed by atoms with Crippen molar-refractivity contribution in [1.29, 1.82) is 0 Å². The molecule has 132 valence electrons. The number of hydrogen-bond acceptors (Lipinski definition) is 5. The van der Waals surface area contributed by atoms with Gasteiger partial charge in [0, 0.05) is 31.2 Å². The van der Waals surface area contributed by atoms with Crippen molar-refractivity contribution in [2.24, 2.45) is 0 Å². The van der Waals surface area contributed by atoms with Crippen LogP contribution in [0.1, 0.15) is 43.5 Å². The molecule has 6 nitrogen and oxygen atoms in total. The molecule has 1 amide bonds. The van der Waals surface area contributed by atoms with Gasteiger partial charge in [0.15, 0.2) is 0 Å². The minimum atomic E-state index is 0.0152. The molecule has 0 atom stereocenters. The normalized spacial score (nSPS) is 14.4. The standard InChI is InChI=1S/C19H24N4O2/c1-14(2)25-17-8-6-16(7-9-17)22-19-20-12-15(13-21-19)18(24)23-10-4-3-5-11-23/h6-9,12-14H,3-5,10-11H2,1-2H3,(H,20,21,22). The highest BCUT2D eigenvalue weighted by atomic mass is 16.5. The van der Waals surface area contributed by atoms with E-state index >= 15 is 0 Å². The Morgan fingerprint density at radius 2 is 1.72 bits per heavy atom. The molecular weight excluding hydrogens is 316 g/mol. The van der Waals surface area contributed by atoms with Crippen molar-refractivity contribution in [2.45, 2.75) is 39.2 Å². The summed E-state index contributed by atoms with van der Waals surface area (Å²) in [6, 6.07) is 7.62. The third-order valence-corrected chi connectivity index (χ3v) is 4.02. The summed E-state index contributed by atoms with van der Waals surface area (Å²) in [4.78, 5) is 22.8. The first-order valence-electron chi connectivity index (χ1n) is 8.77. The summed E-state index contributed by atoms with van der Waals surface area (Å²) in [7, 11) is 0. The fraction of sp³-hybridized carbons (Fsp3) is 0.421. The lowest BCUT2D eigenvalue weighted by molar-refractivity contribution is 0.0723. The molecule has 1 N–H and O–H groups in total. The van der Waals surface area contributed by atoms with Gasteiger partial charge in [-0.1, -0.05) is 0 Å². The van der Waals surface area contributed by atoms with Gasteiger partial charge >= 0.3 is 0 Å². The van der Waals surface area contributed by atoms with Crippen molar-refractivity contribution in [1.82, 2.24) is 14.9 Å².